The molecule has 160 valence electrons. The van der Waals surface area contributed by atoms with Gasteiger partial charge in [-0.3, -0.25) is 9.59 Å². The normalized spacial score (nSPS) is 18.4. The van der Waals surface area contributed by atoms with Crippen LogP contribution in [0.1, 0.15) is 25.7 Å². The summed E-state index contributed by atoms with van der Waals surface area (Å²) in [5.74, 6) is 0.725. The first-order valence-corrected chi connectivity index (χ1v) is 10.5. The lowest BCUT2D eigenvalue weighted by Gasteiger charge is -2.27. The lowest BCUT2D eigenvalue weighted by atomic mass is 9.81. The molecule has 2 aromatic rings. The van der Waals surface area contributed by atoms with Gasteiger partial charge in [0.1, 0.15) is 11.5 Å². The number of nitrogens with one attached hydrogen (secondary N) is 2. The minimum Gasteiger partial charge on any atom is -0.495 e. The highest BCUT2D eigenvalue weighted by Crippen LogP contribution is 2.33. The van der Waals surface area contributed by atoms with E-state index in [-0.39, 0.29) is 23.7 Å². The Hall–Kier alpha value is -2.44. The van der Waals surface area contributed by atoms with Crippen LogP contribution in [-0.4, -0.2) is 26.0 Å². The van der Waals surface area contributed by atoms with Crippen LogP contribution < -0.4 is 20.1 Å². The number of methoxy groups -OCH3 is 2. The molecule has 1 aliphatic carbocycles. The topological polar surface area (TPSA) is 76.7 Å². The lowest BCUT2D eigenvalue weighted by Crippen LogP contribution is -2.32. The third-order valence-electron chi connectivity index (χ3n) is 5.31. The number of carbonyl (C=O) groups is 2. The molecule has 2 N–H and O–H groups in total. The fourth-order valence-electron chi connectivity index (χ4n) is 3.59. The first-order chi connectivity index (χ1) is 14.4. The zero-order valence-corrected chi connectivity index (χ0v) is 18.3. The minimum absolute atomic E-state index is 0.0583. The van der Waals surface area contributed by atoms with E-state index in [1.807, 2.05) is 0 Å². The van der Waals surface area contributed by atoms with Crippen molar-refractivity contribution in [3.05, 3.63) is 46.4 Å². The summed E-state index contributed by atoms with van der Waals surface area (Å²) in [6.07, 6.45) is 2.60. The number of halogens is 2. The molecule has 1 aliphatic rings. The van der Waals surface area contributed by atoms with Crippen LogP contribution in [0, 0.1) is 11.8 Å². The molecule has 0 spiro atoms. The fourth-order valence-corrected chi connectivity index (χ4v) is 4.11. The van der Waals surface area contributed by atoms with Crippen molar-refractivity contribution in [2.75, 3.05) is 24.9 Å². The maximum Gasteiger partial charge on any atom is 0.227 e. The molecule has 0 saturated heterocycles. The highest BCUT2D eigenvalue weighted by atomic mass is 35.5. The second kappa shape index (κ2) is 10.0. The zero-order valence-electron chi connectivity index (χ0n) is 16.8. The number of anilines is 2. The standard InChI is InChI=1S/C22H24Cl2N2O4/c1-29-19-9-7-15(11-17(19)23)25-21(27)13-3-5-14(6-4-13)22(28)26-16-8-10-20(30-2)18(24)12-16/h7-14H,3-6H2,1-2H3,(H,25,27)(H,26,28). The van der Waals surface area contributed by atoms with Gasteiger partial charge < -0.3 is 20.1 Å². The summed E-state index contributed by atoms with van der Waals surface area (Å²) in [5.41, 5.74) is 1.25. The largest absolute Gasteiger partial charge is 0.495 e. The molecule has 2 amide bonds. The van der Waals surface area contributed by atoms with Gasteiger partial charge >= 0.3 is 0 Å². The number of rotatable bonds is 6. The van der Waals surface area contributed by atoms with Gasteiger partial charge in [0, 0.05) is 23.2 Å². The van der Waals surface area contributed by atoms with Gasteiger partial charge in [-0.25, -0.2) is 0 Å². The van der Waals surface area contributed by atoms with Gasteiger partial charge in [-0.1, -0.05) is 23.2 Å². The van der Waals surface area contributed by atoms with E-state index >= 15 is 0 Å². The third kappa shape index (κ3) is 5.37. The van der Waals surface area contributed by atoms with Gasteiger partial charge in [0.05, 0.1) is 24.3 Å². The van der Waals surface area contributed by atoms with Crippen LogP contribution >= 0.6 is 23.2 Å². The van der Waals surface area contributed by atoms with Crippen molar-refractivity contribution >= 4 is 46.4 Å². The zero-order chi connectivity index (χ0) is 21.7. The van der Waals surface area contributed by atoms with Crippen molar-refractivity contribution in [1.82, 2.24) is 0 Å². The molecule has 6 nitrogen and oxygen atoms in total. The number of carbonyl (C=O) groups excluding carboxylic acids is 2. The van der Waals surface area contributed by atoms with Crippen molar-refractivity contribution in [2.24, 2.45) is 11.8 Å². The Morgan fingerprint density at radius 3 is 1.43 bits per heavy atom. The summed E-state index contributed by atoms with van der Waals surface area (Å²) in [5, 5.41) is 6.68. The minimum atomic E-state index is -0.134. The first kappa shape index (κ1) is 22.2. The molecule has 1 fully saturated rings. The molecular weight excluding hydrogens is 427 g/mol. The average Bonchev–Trinajstić information content (AvgIpc) is 2.74. The molecule has 0 radical (unpaired) electrons. The van der Waals surface area contributed by atoms with E-state index in [1.165, 1.54) is 14.2 Å². The van der Waals surface area contributed by atoms with Crippen LogP contribution in [0.2, 0.25) is 10.0 Å². The molecule has 1 saturated carbocycles. The summed E-state index contributed by atoms with van der Waals surface area (Å²) >= 11 is 12.2. The Balaban J connectivity index is 1.51. The predicted octanol–water partition coefficient (Wildman–Crippen LogP) is 5.39. The van der Waals surface area contributed by atoms with Gasteiger partial charge in [-0.05, 0) is 62.1 Å². The second-order valence-corrected chi connectivity index (χ2v) is 8.04. The molecule has 2 aromatic carbocycles. The Morgan fingerprint density at radius 1 is 0.767 bits per heavy atom. The Bertz CT molecular complexity index is 852. The second-order valence-electron chi connectivity index (χ2n) is 7.23. The quantitative estimate of drug-likeness (QED) is 0.617. The maximum absolute atomic E-state index is 12.6. The highest BCUT2D eigenvalue weighted by Gasteiger charge is 2.30. The van der Waals surface area contributed by atoms with Crippen molar-refractivity contribution in [3.63, 3.8) is 0 Å². The van der Waals surface area contributed by atoms with Gasteiger partial charge in [-0.2, -0.15) is 0 Å². The van der Waals surface area contributed by atoms with Gasteiger partial charge in [0.15, 0.2) is 0 Å². The molecular formula is C22H24Cl2N2O4. The lowest BCUT2D eigenvalue weighted by molar-refractivity contribution is -0.125. The molecule has 0 aromatic heterocycles. The SMILES string of the molecule is COc1ccc(NC(=O)C2CCC(C(=O)Nc3ccc(OC)c(Cl)c3)CC2)cc1Cl. The Morgan fingerprint density at radius 2 is 1.13 bits per heavy atom. The van der Waals surface area contributed by atoms with E-state index in [0.717, 1.165) is 0 Å². The van der Waals surface area contributed by atoms with Crippen LogP contribution in [-0.2, 0) is 9.59 Å². The van der Waals surface area contributed by atoms with Crippen molar-refractivity contribution in [3.8, 4) is 11.5 Å². The van der Waals surface area contributed by atoms with E-state index in [4.69, 9.17) is 32.7 Å². The smallest absolute Gasteiger partial charge is 0.227 e. The number of amides is 2. The summed E-state index contributed by atoms with van der Waals surface area (Å²) in [6.45, 7) is 0. The molecule has 0 unspecified atom stereocenters. The number of hydrogen-bond acceptors (Lipinski definition) is 4. The molecule has 8 heteroatoms. The van der Waals surface area contributed by atoms with Crippen molar-refractivity contribution in [2.45, 2.75) is 25.7 Å². The van der Waals surface area contributed by atoms with Crippen molar-refractivity contribution < 1.29 is 19.1 Å². The van der Waals surface area contributed by atoms with Crippen molar-refractivity contribution in [1.29, 1.82) is 0 Å². The van der Waals surface area contributed by atoms with Crippen LogP contribution in [0.5, 0.6) is 11.5 Å². The summed E-state index contributed by atoms with van der Waals surface area (Å²) in [6, 6.07) is 10.3. The van der Waals surface area contributed by atoms with Crippen LogP contribution in [0.15, 0.2) is 36.4 Å². The first-order valence-electron chi connectivity index (χ1n) is 9.70. The van der Waals surface area contributed by atoms with Gasteiger partial charge in [0.2, 0.25) is 11.8 Å². The van der Waals surface area contributed by atoms with E-state index < -0.39 is 0 Å². The van der Waals surface area contributed by atoms with Gasteiger partial charge in [0.25, 0.3) is 0 Å². The van der Waals surface area contributed by atoms with Gasteiger partial charge in [-0.15, -0.1) is 0 Å². The van der Waals surface area contributed by atoms with E-state index in [0.29, 0.717) is 58.6 Å². The van der Waals surface area contributed by atoms with E-state index in [9.17, 15) is 9.59 Å². The van der Waals surface area contributed by atoms with Crippen LogP contribution in [0.4, 0.5) is 11.4 Å². The number of ether oxygens (including phenoxy) is 2. The summed E-state index contributed by atoms with van der Waals surface area (Å²) in [4.78, 5) is 25.2. The Kier molecular flexibility index (Phi) is 7.45. The third-order valence-corrected chi connectivity index (χ3v) is 5.90. The molecule has 3 rings (SSSR count). The number of benzene rings is 2. The highest BCUT2D eigenvalue weighted by molar-refractivity contribution is 6.32. The molecule has 0 bridgehead atoms. The molecule has 0 heterocycles. The summed E-state index contributed by atoms with van der Waals surface area (Å²) in [7, 11) is 3.08. The van der Waals surface area contributed by atoms with Crippen LogP contribution in [0.25, 0.3) is 0 Å². The Labute approximate surface area is 185 Å². The monoisotopic (exact) mass is 450 g/mol. The van der Waals surface area contributed by atoms with Crippen LogP contribution in [0.3, 0.4) is 0 Å². The average molecular weight is 451 g/mol. The predicted molar refractivity (Wildman–Crippen MR) is 119 cm³/mol. The van der Waals surface area contributed by atoms with E-state index in [1.54, 1.807) is 36.4 Å². The number of hydrogen-bond donors (Lipinski definition) is 2. The molecule has 30 heavy (non-hydrogen) atoms. The summed E-state index contributed by atoms with van der Waals surface area (Å²) < 4.78 is 10.2. The molecule has 0 aliphatic heterocycles. The van der Waals surface area contributed by atoms with E-state index in [2.05, 4.69) is 10.6 Å². The maximum atomic E-state index is 12.6. The fraction of sp³-hybridized carbons (Fsp3) is 0.364. The molecule has 0 atom stereocenters.